The zero-order valence-corrected chi connectivity index (χ0v) is 15.2. The molecule has 0 bridgehead atoms. The second kappa shape index (κ2) is 14.0. The van der Waals surface area contributed by atoms with Gasteiger partial charge in [-0.1, -0.05) is 6.07 Å². The fraction of sp³-hybridized carbons (Fsp3) is 0.667. The summed E-state index contributed by atoms with van der Waals surface area (Å²) >= 11 is 0. The highest BCUT2D eigenvalue weighted by atomic mass is 16.6. The first-order valence-electron chi connectivity index (χ1n) is 8.43. The lowest BCUT2D eigenvalue weighted by Gasteiger charge is -2.23. The Labute approximate surface area is 145 Å². The minimum absolute atomic E-state index is 0.581. The van der Waals surface area contributed by atoms with Crippen molar-refractivity contribution < 1.29 is 23.7 Å². The summed E-state index contributed by atoms with van der Waals surface area (Å²) in [5, 5.41) is 0. The summed E-state index contributed by atoms with van der Waals surface area (Å²) in [6.07, 6.45) is 0. The van der Waals surface area contributed by atoms with Gasteiger partial charge in [-0.3, -0.25) is 0 Å². The van der Waals surface area contributed by atoms with Gasteiger partial charge < -0.3 is 28.6 Å². The highest BCUT2D eigenvalue weighted by Crippen LogP contribution is 2.20. The van der Waals surface area contributed by atoms with Gasteiger partial charge in [-0.15, -0.1) is 0 Å². The van der Waals surface area contributed by atoms with Crippen molar-refractivity contribution in [1.29, 1.82) is 0 Å². The molecule has 0 radical (unpaired) electrons. The second-order valence-corrected chi connectivity index (χ2v) is 5.11. The lowest BCUT2D eigenvalue weighted by Crippen LogP contribution is -2.27. The first kappa shape index (κ1) is 20.7. The lowest BCUT2D eigenvalue weighted by molar-refractivity contribution is 0.00457. The number of hydrogen-bond donors (Lipinski definition) is 0. The van der Waals surface area contributed by atoms with Crippen LogP contribution in [-0.4, -0.2) is 73.6 Å². The molecule has 0 saturated heterocycles. The van der Waals surface area contributed by atoms with Crippen LogP contribution < -0.4 is 9.64 Å². The Morgan fingerprint density at radius 3 is 2.04 bits per heavy atom. The number of benzene rings is 1. The maximum absolute atomic E-state index is 5.63. The average Bonchev–Trinajstić information content (AvgIpc) is 2.63. The van der Waals surface area contributed by atoms with Gasteiger partial charge >= 0.3 is 0 Å². The highest BCUT2D eigenvalue weighted by Gasteiger charge is 2.05. The van der Waals surface area contributed by atoms with E-state index < -0.39 is 0 Å². The number of methoxy groups -OCH3 is 2. The third-order valence-electron chi connectivity index (χ3n) is 3.48. The van der Waals surface area contributed by atoms with E-state index in [0.29, 0.717) is 46.2 Å². The van der Waals surface area contributed by atoms with Crippen LogP contribution in [0, 0.1) is 0 Å². The first-order valence-corrected chi connectivity index (χ1v) is 8.43. The molecule has 0 unspecified atom stereocenters. The van der Waals surface area contributed by atoms with Gasteiger partial charge in [0.25, 0.3) is 0 Å². The summed E-state index contributed by atoms with van der Waals surface area (Å²) in [5.41, 5.74) is 1.14. The monoisotopic (exact) mass is 341 g/mol. The van der Waals surface area contributed by atoms with Gasteiger partial charge in [-0.25, -0.2) is 0 Å². The number of nitrogens with zero attached hydrogens (tertiary/aromatic N) is 1. The Bertz CT molecular complexity index is 416. The van der Waals surface area contributed by atoms with E-state index in [1.54, 1.807) is 14.2 Å². The minimum Gasteiger partial charge on any atom is -0.497 e. The van der Waals surface area contributed by atoms with E-state index in [0.717, 1.165) is 24.5 Å². The van der Waals surface area contributed by atoms with Crippen molar-refractivity contribution in [2.75, 3.05) is 78.5 Å². The van der Waals surface area contributed by atoms with Crippen LogP contribution in [0.3, 0.4) is 0 Å². The van der Waals surface area contributed by atoms with Crippen LogP contribution in [0.5, 0.6) is 5.75 Å². The fourth-order valence-corrected chi connectivity index (χ4v) is 2.14. The Hall–Kier alpha value is -1.34. The number of anilines is 1. The van der Waals surface area contributed by atoms with E-state index in [9.17, 15) is 0 Å². The molecular weight excluding hydrogens is 310 g/mol. The van der Waals surface area contributed by atoms with Crippen LogP contribution in [-0.2, 0) is 18.9 Å². The quantitative estimate of drug-likeness (QED) is 0.456. The van der Waals surface area contributed by atoms with Gasteiger partial charge in [0.1, 0.15) is 5.75 Å². The van der Waals surface area contributed by atoms with Gasteiger partial charge in [0, 0.05) is 32.0 Å². The Morgan fingerprint density at radius 1 is 0.833 bits per heavy atom. The second-order valence-electron chi connectivity index (χ2n) is 5.11. The van der Waals surface area contributed by atoms with Gasteiger partial charge in [0.2, 0.25) is 0 Å². The molecule has 1 rings (SSSR count). The van der Waals surface area contributed by atoms with Crippen LogP contribution in [0.15, 0.2) is 24.3 Å². The Balaban J connectivity index is 2.06. The summed E-state index contributed by atoms with van der Waals surface area (Å²) in [7, 11) is 3.34. The summed E-state index contributed by atoms with van der Waals surface area (Å²) < 4.78 is 26.5. The predicted molar refractivity (Wildman–Crippen MR) is 95.2 cm³/mol. The molecule has 1 aromatic carbocycles. The summed E-state index contributed by atoms with van der Waals surface area (Å²) in [6, 6.07) is 8.07. The smallest absolute Gasteiger partial charge is 0.120 e. The molecule has 0 amide bonds. The number of likely N-dealkylation sites (N-methyl/N-ethyl adjacent to an activating group) is 1. The normalized spacial score (nSPS) is 10.8. The number of hydrogen-bond acceptors (Lipinski definition) is 6. The minimum atomic E-state index is 0.581. The lowest BCUT2D eigenvalue weighted by atomic mass is 10.2. The number of ether oxygens (including phenoxy) is 5. The van der Waals surface area contributed by atoms with E-state index in [2.05, 4.69) is 17.9 Å². The summed E-state index contributed by atoms with van der Waals surface area (Å²) in [4.78, 5) is 2.26. The molecule has 0 aliphatic heterocycles. The topological polar surface area (TPSA) is 49.4 Å². The van der Waals surface area contributed by atoms with Crippen molar-refractivity contribution in [3.63, 3.8) is 0 Å². The van der Waals surface area contributed by atoms with E-state index in [4.69, 9.17) is 23.7 Å². The first-order chi connectivity index (χ1) is 11.8. The van der Waals surface area contributed by atoms with Gasteiger partial charge in [0.15, 0.2) is 0 Å². The predicted octanol–water partition coefficient (Wildman–Crippen LogP) is 2.22. The molecule has 0 aromatic heterocycles. The standard InChI is InChI=1S/C18H31NO5/c1-4-19(17-6-5-7-18(16-17)21-3)8-9-22-12-13-24-15-14-23-11-10-20-2/h5-7,16H,4,8-15H2,1-3H3. The van der Waals surface area contributed by atoms with E-state index >= 15 is 0 Å². The molecule has 0 atom stereocenters. The average molecular weight is 341 g/mol. The molecule has 0 spiro atoms. The molecule has 0 fully saturated rings. The zero-order chi connectivity index (χ0) is 17.5. The Kier molecular flexibility index (Phi) is 12.1. The van der Waals surface area contributed by atoms with E-state index in [-0.39, 0.29) is 0 Å². The molecule has 1 aromatic rings. The van der Waals surface area contributed by atoms with Gasteiger partial charge in [0.05, 0.1) is 53.4 Å². The van der Waals surface area contributed by atoms with Crippen LogP contribution in [0.2, 0.25) is 0 Å². The molecule has 138 valence electrons. The largest absolute Gasteiger partial charge is 0.497 e. The summed E-state index contributed by atoms with van der Waals surface area (Å²) in [6.45, 7) is 8.12. The van der Waals surface area contributed by atoms with Crippen molar-refractivity contribution in [2.45, 2.75) is 6.92 Å². The van der Waals surface area contributed by atoms with Crippen molar-refractivity contribution in [3.8, 4) is 5.75 Å². The molecule has 0 aliphatic rings. The van der Waals surface area contributed by atoms with Crippen LogP contribution in [0.1, 0.15) is 6.92 Å². The van der Waals surface area contributed by atoms with Crippen molar-refractivity contribution in [1.82, 2.24) is 0 Å². The maximum Gasteiger partial charge on any atom is 0.120 e. The van der Waals surface area contributed by atoms with Gasteiger partial charge in [-0.2, -0.15) is 0 Å². The van der Waals surface area contributed by atoms with Crippen molar-refractivity contribution >= 4 is 5.69 Å². The maximum atomic E-state index is 5.63. The molecule has 0 heterocycles. The van der Waals surface area contributed by atoms with Crippen LogP contribution >= 0.6 is 0 Å². The van der Waals surface area contributed by atoms with E-state index in [1.807, 2.05) is 18.2 Å². The zero-order valence-electron chi connectivity index (χ0n) is 15.2. The molecule has 0 saturated carbocycles. The summed E-state index contributed by atoms with van der Waals surface area (Å²) in [5.74, 6) is 0.869. The molecule has 6 nitrogen and oxygen atoms in total. The van der Waals surface area contributed by atoms with Gasteiger partial charge in [-0.05, 0) is 19.1 Å². The highest BCUT2D eigenvalue weighted by molar-refractivity contribution is 5.50. The molecule has 0 aliphatic carbocycles. The molecule has 6 heteroatoms. The molecule has 0 N–H and O–H groups in total. The third kappa shape index (κ3) is 9.08. The SMILES string of the molecule is CCN(CCOCCOCCOCCOC)c1cccc(OC)c1. The third-order valence-corrected chi connectivity index (χ3v) is 3.48. The van der Waals surface area contributed by atoms with Crippen LogP contribution in [0.25, 0.3) is 0 Å². The van der Waals surface area contributed by atoms with Crippen molar-refractivity contribution in [2.24, 2.45) is 0 Å². The van der Waals surface area contributed by atoms with Crippen LogP contribution in [0.4, 0.5) is 5.69 Å². The van der Waals surface area contributed by atoms with E-state index in [1.165, 1.54) is 0 Å². The fourth-order valence-electron chi connectivity index (χ4n) is 2.14. The number of rotatable bonds is 15. The Morgan fingerprint density at radius 2 is 1.46 bits per heavy atom. The molecular formula is C18H31NO5. The molecule has 24 heavy (non-hydrogen) atoms. The van der Waals surface area contributed by atoms with Crippen molar-refractivity contribution in [3.05, 3.63) is 24.3 Å².